The number of hydrogen-bond acceptors (Lipinski definition) is 4. The van der Waals surface area contributed by atoms with Crippen LogP contribution in [0, 0.1) is 0 Å². The highest BCUT2D eigenvalue weighted by Crippen LogP contribution is 2.34. The third-order valence-corrected chi connectivity index (χ3v) is 4.09. The largest absolute Gasteiger partial charge is 0.418 e. The maximum absolute atomic E-state index is 13.0. The van der Waals surface area contributed by atoms with Crippen molar-refractivity contribution in [3.63, 3.8) is 0 Å². The molecule has 25 heavy (non-hydrogen) atoms. The van der Waals surface area contributed by atoms with Crippen LogP contribution in [0.1, 0.15) is 41.7 Å². The number of halogens is 3. The first-order valence-corrected chi connectivity index (χ1v) is 8.01. The smallest absolute Gasteiger partial charge is 0.366 e. The predicted molar refractivity (Wildman–Crippen MR) is 87.3 cm³/mol. The van der Waals surface area contributed by atoms with E-state index in [1.54, 1.807) is 6.07 Å². The molecule has 0 radical (unpaired) electrons. The van der Waals surface area contributed by atoms with Crippen molar-refractivity contribution in [1.29, 1.82) is 0 Å². The minimum Gasteiger partial charge on any atom is -0.366 e. The van der Waals surface area contributed by atoms with Crippen molar-refractivity contribution in [3.8, 4) is 0 Å². The molecule has 1 aliphatic rings. The topological polar surface area (TPSA) is 66.9 Å². The molecule has 1 aromatic carbocycles. The second-order valence-electron chi connectivity index (χ2n) is 5.93. The fourth-order valence-electron chi connectivity index (χ4n) is 2.84. The number of rotatable bonds is 4. The molecule has 1 heterocycles. The van der Waals surface area contributed by atoms with Crippen LogP contribution < -0.4 is 10.6 Å². The molecule has 0 aliphatic heterocycles. The van der Waals surface area contributed by atoms with Crippen LogP contribution in [0.5, 0.6) is 0 Å². The molecule has 1 aliphatic carbocycles. The number of hydrogen-bond donors (Lipinski definition) is 2. The van der Waals surface area contributed by atoms with E-state index in [9.17, 15) is 18.0 Å². The lowest BCUT2D eigenvalue weighted by Gasteiger charge is -2.14. The molecule has 0 bridgehead atoms. The van der Waals surface area contributed by atoms with Gasteiger partial charge in [-0.05, 0) is 37.1 Å². The van der Waals surface area contributed by atoms with Gasteiger partial charge >= 0.3 is 6.18 Å². The van der Waals surface area contributed by atoms with Crippen LogP contribution in [-0.4, -0.2) is 22.1 Å². The molecule has 1 aromatic heterocycles. The van der Waals surface area contributed by atoms with Gasteiger partial charge in [-0.3, -0.25) is 4.79 Å². The van der Waals surface area contributed by atoms with Crippen LogP contribution >= 0.6 is 0 Å². The fraction of sp³-hybridized carbons (Fsp3) is 0.353. The SMILES string of the molecule is O=C(Nc1ccccc1C(F)(F)F)c1ccc(NC2CCCC2)nn1. The van der Waals surface area contributed by atoms with Crippen molar-refractivity contribution in [2.24, 2.45) is 0 Å². The normalized spacial score (nSPS) is 15.2. The second-order valence-corrected chi connectivity index (χ2v) is 5.93. The number of alkyl halides is 3. The summed E-state index contributed by atoms with van der Waals surface area (Å²) in [5.74, 6) is -0.184. The molecule has 1 amide bonds. The number of carbonyl (C=O) groups is 1. The molecule has 0 saturated heterocycles. The molecular formula is C17H17F3N4O. The Bertz CT molecular complexity index is 740. The number of nitrogens with zero attached hydrogens (tertiary/aromatic N) is 2. The van der Waals surface area contributed by atoms with Crippen LogP contribution in [0.4, 0.5) is 24.7 Å². The summed E-state index contributed by atoms with van der Waals surface area (Å²) in [7, 11) is 0. The lowest BCUT2D eigenvalue weighted by molar-refractivity contribution is -0.136. The van der Waals surface area contributed by atoms with Crippen LogP contribution in [0.25, 0.3) is 0 Å². The minimum absolute atomic E-state index is 0.0473. The summed E-state index contributed by atoms with van der Waals surface area (Å²) < 4.78 is 38.9. The molecule has 3 rings (SSSR count). The van der Waals surface area contributed by atoms with E-state index < -0.39 is 17.6 Å². The Morgan fingerprint density at radius 1 is 1.04 bits per heavy atom. The van der Waals surface area contributed by atoms with E-state index in [0.29, 0.717) is 11.9 Å². The van der Waals surface area contributed by atoms with Gasteiger partial charge in [0.05, 0.1) is 11.3 Å². The molecule has 0 unspecified atom stereocenters. The zero-order valence-electron chi connectivity index (χ0n) is 13.3. The van der Waals surface area contributed by atoms with E-state index in [0.717, 1.165) is 18.9 Å². The van der Waals surface area contributed by atoms with Crippen molar-refractivity contribution < 1.29 is 18.0 Å². The maximum Gasteiger partial charge on any atom is 0.418 e. The summed E-state index contributed by atoms with van der Waals surface area (Å²) >= 11 is 0. The lowest BCUT2D eigenvalue weighted by atomic mass is 10.1. The van der Waals surface area contributed by atoms with E-state index >= 15 is 0 Å². The van der Waals surface area contributed by atoms with Gasteiger partial charge in [0.2, 0.25) is 0 Å². The molecule has 2 N–H and O–H groups in total. The Labute approximate surface area is 142 Å². The summed E-state index contributed by atoms with van der Waals surface area (Å²) in [4.78, 5) is 12.1. The first-order chi connectivity index (χ1) is 11.9. The Hall–Kier alpha value is -2.64. The van der Waals surface area contributed by atoms with E-state index in [-0.39, 0.29) is 11.4 Å². The first kappa shape index (κ1) is 17.2. The van der Waals surface area contributed by atoms with Crippen molar-refractivity contribution in [2.75, 3.05) is 10.6 Å². The van der Waals surface area contributed by atoms with Gasteiger partial charge in [-0.1, -0.05) is 25.0 Å². The number of amides is 1. The lowest BCUT2D eigenvalue weighted by Crippen LogP contribution is -2.19. The monoisotopic (exact) mass is 350 g/mol. The maximum atomic E-state index is 13.0. The molecule has 0 spiro atoms. The number of benzene rings is 1. The molecule has 1 fully saturated rings. The molecule has 2 aromatic rings. The molecule has 8 heteroatoms. The fourth-order valence-corrected chi connectivity index (χ4v) is 2.84. The molecule has 1 saturated carbocycles. The molecule has 132 valence electrons. The zero-order chi connectivity index (χ0) is 17.9. The summed E-state index contributed by atoms with van der Waals surface area (Å²) in [6.07, 6.45) is -0.0741. The summed E-state index contributed by atoms with van der Waals surface area (Å²) in [6, 6.07) is 8.20. The summed E-state index contributed by atoms with van der Waals surface area (Å²) in [6.45, 7) is 0. The highest BCUT2D eigenvalue weighted by Gasteiger charge is 2.33. The van der Waals surface area contributed by atoms with E-state index in [1.165, 1.54) is 37.1 Å². The van der Waals surface area contributed by atoms with Crippen molar-refractivity contribution >= 4 is 17.4 Å². The Morgan fingerprint density at radius 2 is 1.76 bits per heavy atom. The van der Waals surface area contributed by atoms with Gasteiger partial charge in [0, 0.05) is 6.04 Å². The third kappa shape index (κ3) is 4.26. The highest BCUT2D eigenvalue weighted by molar-refractivity contribution is 6.03. The Morgan fingerprint density at radius 3 is 2.40 bits per heavy atom. The van der Waals surface area contributed by atoms with E-state index in [1.807, 2.05) is 0 Å². The highest BCUT2D eigenvalue weighted by atomic mass is 19.4. The van der Waals surface area contributed by atoms with Crippen LogP contribution in [0.15, 0.2) is 36.4 Å². The van der Waals surface area contributed by atoms with Crippen molar-refractivity contribution in [1.82, 2.24) is 10.2 Å². The number of para-hydroxylation sites is 1. The van der Waals surface area contributed by atoms with Gasteiger partial charge in [0.25, 0.3) is 5.91 Å². The molecule has 0 atom stereocenters. The van der Waals surface area contributed by atoms with Crippen LogP contribution in [0.2, 0.25) is 0 Å². The Balaban J connectivity index is 1.69. The first-order valence-electron chi connectivity index (χ1n) is 8.01. The third-order valence-electron chi connectivity index (χ3n) is 4.09. The van der Waals surface area contributed by atoms with Crippen molar-refractivity contribution in [3.05, 3.63) is 47.7 Å². The quantitative estimate of drug-likeness (QED) is 0.871. The summed E-state index contributed by atoms with van der Waals surface area (Å²) in [5, 5.41) is 13.2. The number of aromatic nitrogens is 2. The standard InChI is InChI=1S/C17H17F3N4O/c18-17(19,20)12-7-3-4-8-13(12)22-16(25)14-9-10-15(24-23-14)21-11-5-1-2-6-11/h3-4,7-11H,1-2,5-6H2,(H,21,24)(H,22,25). The van der Waals surface area contributed by atoms with Gasteiger partial charge in [0.15, 0.2) is 5.69 Å². The van der Waals surface area contributed by atoms with Gasteiger partial charge < -0.3 is 10.6 Å². The molecule has 5 nitrogen and oxygen atoms in total. The summed E-state index contributed by atoms with van der Waals surface area (Å²) in [5.41, 5.74) is -1.26. The number of carbonyl (C=O) groups excluding carboxylic acids is 1. The van der Waals surface area contributed by atoms with Gasteiger partial charge in [-0.2, -0.15) is 13.2 Å². The van der Waals surface area contributed by atoms with Crippen molar-refractivity contribution in [2.45, 2.75) is 37.9 Å². The minimum atomic E-state index is -4.55. The average Bonchev–Trinajstić information content (AvgIpc) is 3.08. The number of nitrogens with one attached hydrogen (secondary N) is 2. The van der Waals surface area contributed by atoms with Gasteiger partial charge in [0.1, 0.15) is 5.82 Å². The van der Waals surface area contributed by atoms with Crippen LogP contribution in [-0.2, 0) is 6.18 Å². The predicted octanol–water partition coefficient (Wildman–Crippen LogP) is 4.10. The number of anilines is 2. The van der Waals surface area contributed by atoms with E-state index in [4.69, 9.17) is 0 Å². The zero-order valence-corrected chi connectivity index (χ0v) is 13.3. The van der Waals surface area contributed by atoms with E-state index in [2.05, 4.69) is 20.8 Å². The molecular weight excluding hydrogens is 333 g/mol. The van der Waals surface area contributed by atoms with Gasteiger partial charge in [-0.15, -0.1) is 10.2 Å². The average molecular weight is 350 g/mol. The van der Waals surface area contributed by atoms with Gasteiger partial charge in [-0.25, -0.2) is 0 Å². The second kappa shape index (κ2) is 7.08. The van der Waals surface area contributed by atoms with Crippen LogP contribution in [0.3, 0.4) is 0 Å². The Kier molecular flexibility index (Phi) is 4.87.